The maximum absolute atomic E-state index is 13.6. The number of nitrogens with one attached hydrogen (secondary N) is 2. The summed E-state index contributed by atoms with van der Waals surface area (Å²) >= 11 is 0. The van der Waals surface area contributed by atoms with Crippen LogP contribution in [0.15, 0.2) is 42.5 Å². The number of anilines is 2. The molecule has 1 heterocycles. The number of urea groups is 1. The molecule has 6 nitrogen and oxygen atoms in total. The lowest BCUT2D eigenvalue weighted by molar-refractivity contribution is -0.117. The van der Waals surface area contributed by atoms with Crippen molar-refractivity contribution in [1.29, 1.82) is 0 Å². The lowest BCUT2D eigenvalue weighted by Gasteiger charge is -2.17. The molecule has 1 saturated heterocycles. The number of hydrogen-bond acceptors (Lipinski definition) is 3. The zero-order valence-corrected chi connectivity index (χ0v) is 14.7. The van der Waals surface area contributed by atoms with E-state index in [2.05, 4.69) is 10.6 Å². The van der Waals surface area contributed by atoms with Gasteiger partial charge in [0, 0.05) is 31.1 Å². The Morgan fingerprint density at radius 1 is 1.19 bits per heavy atom. The number of ether oxygens (including phenoxy) is 1. The molecule has 0 bridgehead atoms. The predicted molar refractivity (Wildman–Crippen MR) is 96.8 cm³/mol. The van der Waals surface area contributed by atoms with E-state index in [9.17, 15) is 18.4 Å². The number of benzene rings is 2. The van der Waals surface area contributed by atoms with Crippen LogP contribution in [0.5, 0.6) is 5.75 Å². The van der Waals surface area contributed by atoms with E-state index in [0.29, 0.717) is 12.3 Å². The molecule has 1 aliphatic heterocycles. The number of nitrogens with zero attached hydrogens (tertiary/aromatic N) is 1. The molecule has 0 aliphatic carbocycles. The second-order valence-electron chi connectivity index (χ2n) is 6.20. The summed E-state index contributed by atoms with van der Waals surface area (Å²) in [5.41, 5.74) is 0.249. The van der Waals surface area contributed by atoms with Gasteiger partial charge in [-0.1, -0.05) is 6.07 Å². The van der Waals surface area contributed by atoms with Gasteiger partial charge in [-0.2, -0.15) is 0 Å². The minimum absolute atomic E-state index is 0.0486. The van der Waals surface area contributed by atoms with Gasteiger partial charge in [0.05, 0.1) is 7.11 Å². The summed E-state index contributed by atoms with van der Waals surface area (Å²) in [5.74, 6) is -1.16. The van der Waals surface area contributed by atoms with Crippen LogP contribution in [0.1, 0.15) is 6.42 Å². The highest BCUT2D eigenvalue weighted by molar-refractivity contribution is 5.96. The smallest absolute Gasteiger partial charge is 0.319 e. The number of methoxy groups -OCH3 is 1. The molecule has 1 fully saturated rings. The molecule has 1 atom stereocenters. The van der Waals surface area contributed by atoms with Gasteiger partial charge in [-0.25, -0.2) is 13.6 Å². The van der Waals surface area contributed by atoms with Crippen LogP contribution < -0.4 is 20.3 Å². The zero-order valence-electron chi connectivity index (χ0n) is 14.7. The fourth-order valence-electron chi connectivity index (χ4n) is 2.94. The number of amides is 3. The highest BCUT2D eigenvalue weighted by Gasteiger charge is 2.30. The van der Waals surface area contributed by atoms with Gasteiger partial charge in [0.25, 0.3) is 0 Å². The second-order valence-corrected chi connectivity index (χ2v) is 6.20. The molecule has 3 amide bonds. The third-order valence-corrected chi connectivity index (χ3v) is 4.34. The van der Waals surface area contributed by atoms with Gasteiger partial charge >= 0.3 is 6.03 Å². The molecule has 1 aliphatic rings. The average molecular weight is 375 g/mol. The maximum Gasteiger partial charge on any atom is 0.319 e. The fraction of sp³-hybridized carbons (Fsp3) is 0.263. The number of para-hydroxylation sites is 1. The van der Waals surface area contributed by atoms with E-state index in [1.807, 2.05) is 0 Å². The van der Waals surface area contributed by atoms with Crippen LogP contribution in [0, 0.1) is 17.6 Å². The van der Waals surface area contributed by atoms with Crippen LogP contribution in [0.2, 0.25) is 0 Å². The first kappa shape index (κ1) is 18.6. The standard InChI is InChI=1S/C19H19F2N3O3/c1-27-14-7-5-13(6-8-14)24-11-12(9-17(24)25)10-22-19(26)23-18-15(20)3-2-4-16(18)21/h2-8,12H,9-11H2,1H3,(H2,22,23,26)/t12-/m0/s1. The molecule has 0 saturated carbocycles. The molecule has 27 heavy (non-hydrogen) atoms. The largest absolute Gasteiger partial charge is 0.497 e. The Morgan fingerprint density at radius 2 is 1.85 bits per heavy atom. The van der Waals surface area contributed by atoms with Crippen LogP contribution in [-0.4, -0.2) is 32.1 Å². The Bertz CT molecular complexity index is 822. The third-order valence-electron chi connectivity index (χ3n) is 4.34. The minimum atomic E-state index is -0.855. The van der Waals surface area contributed by atoms with Crippen LogP contribution >= 0.6 is 0 Å². The van der Waals surface area contributed by atoms with Crippen LogP contribution in [0.4, 0.5) is 25.0 Å². The summed E-state index contributed by atoms with van der Waals surface area (Å²) in [5, 5.41) is 4.71. The van der Waals surface area contributed by atoms with Crippen LogP contribution in [0.3, 0.4) is 0 Å². The molecular weight excluding hydrogens is 356 g/mol. The molecule has 2 aromatic carbocycles. The predicted octanol–water partition coefficient (Wildman–Crippen LogP) is 3.15. The third kappa shape index (κ3) is 4.33. The van der Waals surface area contributed by atoms with Crippen LogP contribution in [0.25, 0.3) is 0 Å². The van der Waals surface area contributed by atoms with Crippen molar-refractivity contribution in [3.05, 3.63) is 54.1 Å². The Balaban J connectivity index is 1.54. The van der Waals surface area contributed by atoms with Gasteiger partial charge < -0.3 is 20.3 Å². The summed E-state index contributed by atoms with van der Waals surface area (Å²) in [6, 6.07) is 9.72. The van der Waals surface area contributed by atoms with E-state index < -0.39 is 23.4 Å². The minimum Gasteiger partial charge on any atom is -0.497 e. The van der Waals surface area contributed by atoms with E-state index in [1.165, 1.54) is 6.07 Å². The lowest BCUT2D eigenvalue weighted by atomic mass is 10.1. The average Bonchev–Trinajstić information content (AvgIpc) is 3.04. The Labute approximate surface area is 155 Å². The molecule has 8 heteroatoms. The number of halogens is 2. The summed E-state index contributed by atoms with van der Waals surface area (Å²) in [6.07, 6.45) is 0.278. The topological polar surface area (TPSA) is 70.7 Å². The molecule has 3 rings (SSSR count). The molecule has 2 aromatic rings. The van der Waals surface area contributed by atoms with Gasteiger partial charge in [0.1, 0.15) is 23.1 Å². The van der Waals surface area contributed by atoms with Gasteiger partial charge in [0.15, 0.2) is 0 Å². The SMILES string of the molecule is COc1ccc(N2C[C@H](CNC(=O)Nc3c(F)cccc3F)CC2=O)cc1. The molecule has 0 aromatic heterocycles. The first-order chi connectivity index (χ1) is 13.0. The van der Waals surface area contributed by atoms with Crippen molar-refractivity contribution in [3.63, 3.8) is 0 Å². The number of hydrogen-bond donors (Lipinski definition) is 2. The van der Waals surface area contributed by atoms with Gasteiger partial charge in [0.2, 0.25) is 5.91 Å². The van der Waals surface area contributed by atoms with E-state index in [-0.39, 0.29) is 24.8 Å². The number of carbonyl (C=O) groups excluding carboxylic acids is 2. The van der Waals surface area contributed by atoms with E-state index in [1.54, 1.807) is 36.3 Å². The monoisotopic (exact) mass is 375 g/mol. The Morgan fingerprint density at radius 3 is 2.48 bits per heavy atom. The highest BCUT2D eigenvalue weighted by Crippen LogP contribution is 2.26. The highest BCUT2D eigenvalue weighted by atomic mass is 19.1. The first-order valence-electron chi connectivity index (χ1n) is 8.41. The normalized spacial score (nSPS) is 16.3. The van der Waals surface area contributed by atoms with Crippen molar-refractivity contribution < 1.29 is 23.1 Å². The van der Waals surface area contributed by atoms with E-state index in [0.717, 1.165) is 17.8 Å². The zero-order chi connectivity index (χ0) is 19.4. The quantitative estimate of drug-likeness (QED) is 0.843. The van der Waals surface area contributed by atoms with Crippen molar-refractivity contribution in [2.24, 2.45) is 5.92 Å². The van der Waals surface area contributed by atoms with Crippen molar-refractivity contribution >= 4 is 23.3 Å². The van der Waals surface area contributed by atoms with E-state index in [4.69, 9.17) is 4.74 Å². The summed E-state index contributed by atoms with van der Waals surface area (Å²) in [7, 11) is 1.57. The first-order valence-corrected chi connectivity index (χ1v) is 8.41. The second kappa shape index (κ2) is 8.03. The van der Waals surface area contributed by atoms with Gasteiger partial charge in [-0.3, -0.25) is 4.79 Å². The van der Waals surface area contributed by atoms with Gasteiger partial charge in [-0.05, 0) is 36.4 Å². The summed E-state index contributed by atoms with van der Waals surface area (Å²) < 4.78 is 32.2. The molecule has 0 radical (unpaired) electrons. The molecular formula is C19H19F2N3O3. The maximum atomic E-state index is 13.6. The summed E-state index contributed by atoms with van der Waals surface area (Å²) in [4.78, 5) is 25.8. The lowest BCUT2D eigenvalue weighted by Crippen LogP contribution is -2.34. The Hall–Kier alpha value is -3.16. The van der Waals surface area contributed by atoms with Crippen molar-refractivity contribution in [3.8, 4) is 5.75 Å². The number of rotatable bonds is 5. The molecule has 0 unspecified atom stereocenters. The summed E-state index contributed by atoms with van der Waals surface area (Å²) in [6.45, 7) is 0.653. The molecule has 142 valence electrons. The number of carbonyl (C=O) groups is 2. The van der Waals surface area contributed by atoms with E-state index >= 15 is 0 Å². The Kier molecular flexibility index (Phi) is 5.54. The fourth-order valence-corrected chi connectivity index (χ4v) is 2.94. The van der Waals surface area contributed by atoms with Crippen LogP contribution in [-0.2, 0) is 4.79 Å². The van der Waals surface area contributed by atoms with Crippen molar-refractivity contribution in [2.75, 3.05) is 30.4 Å². The van der Waals surface area contributed by atoms with Crippen molar-refractivity contribution in [2.45, 2.75) is 6.42 Å². The van der Waals surface area contributed by atoms with Crippen molar-refractivity contribution in [1.82, 2.24) is 5.32 Å². The molecule has 2 N–H and O–H groups in total. The molecule has 0 spiro atoms. The van der Waals surface area contributed by atoms with Gasteiger partial charge in [-0.15, -0.1) is 0 Å².